The van der Waals surface area contributed by atoms with Gasteiger partial charge in [-0.3, -0.25) is 9.89 Å². The highest BCUT2D eigenvalue weighted by Crippen LogP contribution is 2.42. The van der Waals surface area contributed by atoms with Crippen LogP contribution in [0.15, 0.2) is 29.8 Å². The molecule has 4 rings (SSSR count). The lowest BCUT2D eigenvalue weighted by atomic mass is 9.88. The Morgan fingerprint density at radius 2 is 2.21 bits per heavy atom. The first kappa shape index (κ1) is 15.0. The number of nitrogens with one attached hydrogen (secondary N) is 2. The van der Waals surface area contributed by atoms with Gasteiger partial charge in [0.05, 0.1) is 16.3 Å². The Morgan fingerprint density at radius 3 is 2.96 bits per heavy atom. The van der Waals surface area contributed by atoms with Crippen LogP contribution in [0, 0.1) is 0 Å². The van der Waals surface area contributed by atoms with Gasteiger partial charge in [-0.1, -0.05) is 19.9 Å². The Bertz CT molecular complexity index is 884. The minimum absolute atomic E-state index is 0.0403. The molecule has 122 valence electrons. The van der Waals surface area contributed by atoms with Crippen molar-refractivity contribution in [3.8, 4) is 10.6 Å². The zero-order chi connectivity index (χ0) is 16.7. The van der Waals surface area contributed by atoms with Crippen molar-refractivity contribution in [2.45, 2.75) is 32.1 Å². The first-order valence-corrected chi connectivity index (χ1v) is 8.76. The Hall–Kier alpha value is -2.54. The number of carbonyl (C=O) groups excluding carboxylic acids is 1. The average molecular weight is 339 g/mol. The molecule has 1 aliphatic rings. The molecule has 24 heavy (non-hydrogen) atoms. The predicted octanol–water partition coefficient (Wildman–Crippen LogP) is 3.53. The highest BCUT2D eigenvalue weighted by Gasteiger charge is 2.33. The van der Waals surface area contributed by atoms with E-state index in [0.717, 1.165) is 27.7 Å². The number of nitrogens with zero attached hydrogens (tertiary/aromatic N) is 3. The zero-order valence-electron chi connectivity index (χ0n) is 13.4. The van der Waals surface area contributed by atoms with E-state index in [1.165, 1.54) is 0 Å². The number of fused-ring (bicyclic) bond motifs is 1. The molecule has 0 aliphatic carbocycles. The molecule has 0 radical (unpaired) electrons. The monoisotopic (exact) mass is 339 g/mol. The number of amides is 1. The van der Waals surface area contributed by atoms with Crippen LogP contribution < -0.4 is 5.32 Å². The molecule has 1 unspecified atom stereocenters. The van der Waals surface area contributed by atoms with Crippen LogP contribution in [0.2, 0.25) is 0 Å². The molecule has 3 aromatic rings. The lowest BCUT2D eigenvalue weighted by Gasteiger charge is -2.23. The topological polar surface area (TPSA) is 83.6 Å². The van der Waals surface area contributed by atoms with Gasteiger partial charge in [0.1, 0.15) is 5.82 Å². The number of anilines is 1. The van der Waals surface area contributed by atoms with E-state index in [4.69, 9.17) is 4.98 Å². The number of thiophene rings is 1. The number of hydrogen-bond acceptors (Lipinski definition) is 5. The molecule has 4 heterocycles. The van der Waals surface area contributed by atoms with Gasteiger partial charge < -0.3 is 5.32 Å². The second-order valence-electron chi connectivity index (χ2n) is 6.14. The first-order valence-electron chi connectivity index (χ1n) is 7.88. The van der Waals surface area contributed by atoms with Gasteiger partial charge in [0.2, 0.25) is 5.91 Å². The van der Waals surface area contributed by atoms with Crippen molar-refractivity contribution in [3.05, 3.63) is 46.9 Å². The van der Waals surface area contributed by atoms with E-state index < -0.39 is 0 Å². The molecule has 0 aromatic carbocycles. The fourth-order valence-corrected chi connectivity index (χ4v) is 3.71. The van der Waals surface area contributed by atoms with E-state index in [1.807, 2.05) is 23.6 Å². The van der Waals surface area contributed by atoms with Crippen LogP contribution in [-0.4, -0.2) is 26.1 Å². The number of H-pyrrole nitrogens is 1. The Kier molecular flexibility index (Phi) is 3.65. The van der Waals surface area contributed by atoms with Gasteiger partial charge in [-0.15, -0.1) is 11.3 Å². The fourth-order valence-electron chi connectivity index (χ4n) is 2.98. The third-order valence-electron chi connectivity index (χ3n) is 4.14. The summed E-state index contributed by atoms with van der Waals surface area (Å²) in [7, 11) is 0. The van der Waals surface area contributed by atoms with Crippen molar-refractivity contribution in [2.75, 3.05) is 5.32 Å². The largest absolute Gasteiger partial charge is 0.309 e. The summed E-state index contributed by atoms with van der Waals surface area (Å²) in [5.74, 6) is 1.47. The second kappa shape index (κ2) is 5.83. The highest BCUT2D eigenvalue weighted by atomic mass is 32.1. The lowest BCUT2D eigenvalue weighted by molar-refractivity contribution is -0.116. The molecule has 1 amide bonds. The standard InChI is InChI=1S/C17H17N5OS/c1-9(2)16-18-6-5-11(19-16)10-8-13(23)20-17-14(10)15(21-22-17)12-4-3-7-24-12/h3-7,9-10H,8H2,1-2H3,(H2,20,21,22,23). The average Bonchev–Trinajstić information content (AvgIpc) is 3.23. The SMILES string of the molecule is CC(C)c1nccc(C2CC(=O)Nc3n[nH]c(-c4cccs4)c32)n1. The second-order valence-corrected chi connectivity index (χ2v) is 7.09. The maximum absolute atomic E-state index is 12.1. The van der Waals surface area contributed by atoms with Crippen LogP contribution in [-0.2, 0) is 4.79 Å². The van der Waals surface area contributed by atoms with Crippen LogP contribution in [0.5, 0.6) is 0 Å². The molecular formula is C17H17N5OS. The Morgan fingerprint density at radius 1 is 1.33 bits per heavy atom. The molecule has 6 nitrogen and oxygen atoms in total. The quantitative estimate of drug-likeness (QED) is 0.764. The predicted molar refractivity (Wildman–Crippen MR) is 93.1 cm³/mol. The molecule has 3 aromatic heterocycles. The zero-order valence-corrected chi connectivity index (χ0v) is 14.2. The molecule has 0 fully saturated rings. The van der Waals surface area contributed by atoms with Gasteiger partial charge in [-0.2, -0.15) is 5.10 Å². The molecule has 0 saturated heterocycles. The fraction of sp³-hybridized carbons (Fsp3) is 0.294. The van der Waals surface area contributed by atoms with E-state index in [0.29, 0.717) is 12.2 Å². The van der Waals surface area contributed by atoms with Crippen molar-refractivity contribution in [1.82, 2.24) is 20.2 Å². The highest BCUT2D eigenvalue weighted by molar-refractivity contribution is 7.13. The van der Waals surface area contributed by atoms with Gasteiger partial charge in [0, 0.05) is 30.0 Å². The van der Waals surface area contributed by atoms with Crippen LogP contribution in [0.4, 0.5) is 5.82 Å². The first-order chi connectivity index (χ1) is 11.6. The van der Waals surface area contributed by atoms with E-state index in [2.05, 4.69) is 34.3 Å². The van der Waals surface area contributed by atoms with Gasteiger partial charge >= 0.3 is 0 Å². The summed E-state index contributed by atoms with van der Waals surface area (Å²) in [5, 5.41) is 12.3. The van der Waals surface area contributed by atoms with Crippen molar-refractivity contribution in [1.29, 1.82) is 0 Å². The summed E-state index contributed by atoms with van der Waals surface area (Å²) >= 11 is 1.64. The molecule has 0 bridgehead atoms. The minimum Gasteiger partial charge on any atom is -0.309 e. The van der Waals surface area contributed by atoms with Crippen molar-refractivity contribution >= 4 is 23.1 Å². The lowest BCUT2D eigenvalue weighted by Crippen LogP contribution is -2.24. The molecule has 2 N–H and O–H groups in total. The van der Waals surface area contributed by atoms with E-state index in [1.54, 1.807) is 17.5 Å². The maximum atomic E-state index is 12.1. The summed E-state index contributed by atoms with van der Waals surface area (Å²) in [6, 6.07) is 5.95. The normalized spacial score (nSPS) is 17.0. The van der Waals surface area contributed by atoms with Crippen LogP contribution in [0.25, 0.3) is 10.6 Å². The third kappa shape index (κ3) is 2.50. The molecule has 7 heteroatoms. The smallest absolute Gasteiger partial charge is 0.226 e. The molecular weight excluding hydrogens is 322 g/mol. The Balaban J connectivity index is 1.85. The summed E-state index contributed by atoms with van der Waals surface area (Å²) < 4.78 is 0. The number of carbonyl (C=O) groups is 1. The number of rotatable bonds is 3. The van der Waals surface area contributed by atoms with Gasteiger partial charge in [0.15, 0.2) is 5.82 Å². The number of aromatic amines is 1. The van der Waals surface area contributed by atoms with Gasteiger partial charge in [-0.25, -0.2) is 9.97 Å². The van der Waals surface area contributed by atoms with Crippen molar-refractivity contribution in [3.63, 3.8) is 0 Å². The molecule has 1 aliphatic heterocycles. The number of hydrogen-bond donors (Lipinski definition) is 2. The van der Waals surface area contributed by atoms with E-state index in [9.17, 15) is 4.79 Å². The van der Waals surface area contributed by atoms with Gasteiger partial charge in [0.25, 0.3) is 0 Å². The van der Waals surface area contributed by atoms with E-state index >= 15 is 0 Å². The molecule has 0 spiro atoms. The van der Waals surface area contributed by atoms with Crippen LogP contribution in [0.3, 0.4) is 0 Å². The minimum atomic E-state index is -0.120. The van der Waals surface area contributed by atoms with Crippen molar-refractivity contribution < 1.29 is 4.79 Å². The summed E-state index contributed by atoms with van der Waals surface area (Å²) in [6.07, 6.45) is 2.13. The maximum Gasteiger partial charge on any atom is 0.226 e. The van der Waals surface area contributed by atoms with Crippen molar-refractivity contribution in [2.24, 2.45) is 0 Å². The summed E-state index contributed by atoms with van der Waals surface area (Å²) in [4.78, 5) is 22.3. The molecule has 0 saturated carbocycles. The van der Waals surface area contributed by atoms with Crippen LogP contribution >= 0.6 is 11.3 Å². The molecule has 1 atom stereocenters. The third-order valence-corrected chi connectivity index (χ3v) is 5.02. The van der Waals surface area contributed by atoms with Crippen LogP contribution in [0.1, 0.15) is 49.2 Å². The summed E-state index contributed by atoms with van der Waals surface area (Å²) in [6.45, 7) is 4.13. The van der Waals surface area contributed by atoms with Gasteiger partial charge in [-0.05, 0) is 17.5 Å². The Labute approximate surface area is 143 Å². The number of aromatic nitrogens is 4. The van der Waals surface area contributed by atoms with E-state index in [-0.39, 0.29) is 17.7 Å². The summed E-state index contributed by atoms with van der Waals surface area (Å²) in [5.41, 5.74) is 2.82.